The van der Waals surface area contributed by atoms with E-state index >= 15 is 0 Å². The van der Waals surface area contributed by atoms with Crippen LogP contribution < -0.4 is 0 Å². The molecule has 1 amide bonds. The second kappa shape index (κ2) is 6.06. The fourth-order valence-electron chi connectivity index (χ4n) is 2.49. The minimum Gasteiger partial charge on any atom is -0.508 e. The number of nitrogens with zero attached hydrogens (tertiary/aromatic N) is 2. The van der Waals surface area contributed by atoms with Crippen molar-refractivity contribution in [2.45, 2.75) is 19.8 Å². The van der Waals surface area contributed by atoms with Crippen molar-refractivity contribution in [3.05, 3.63) is 29.3 Å². The Bertz CT molecular complexity index is 453. The highest BCUT2D eigenvalue weighted by Gasteiger charge is 2.16. The highest BCUT2D eigenvalue weighted by Crippen LogP contribution is 2.17. The smallest absolute Gasteiger partial charge is 0.253 e. The van der Waals surface area contributed by atoms with Crippen LogP contribution in [0.2, 0.25) is 0 Å². The average Bonchev–Trinajstić information content (AvgIpc) is 2.88. The Balaban J connectivity index is 1.94. The third kappa shape index (κ3) is 3.47. The standard InChI is InChI=1S/C15H22N2O2/c1-12-11-13(18)5-6-14(12)15(19)16(2)9-10-17-7-3-4-8-17/h5-6,11,18H,3-4,7-10H2,1-2H3. The van der Waals surface area contributed by atoms with Crippen molar-refractivity contribution in [3.63, 3.8) is 0 Å². The maximum Gasteiger partial charge on any atom is 0.253 e. The molecule has 0 radical (unpaired) electrons. The maximum absolute atomic E-state index is 12.3. The second-order valence-corrected chi connectivity index (χ2v) is 5.27. The van der Waals surface area contributed by atoms with Crippen LogP contribution >= 0.6 is 0 Å². The maximum atomic E-state index is 12.3. The number of rotatable bonds is 4. The van der Waals surface area contributed by atoms with Crippen LogP contribution in [0.25, 0.3) is 0 Å². The molecule has 1 fully saturated rings. The fraction of sp³-hybridized carbons (Fsp3) is 0.533. The minimum absolute atomic E-state index is 0.0247. The molecule has 4 heteroatoms. The summed E-state index contributed by atoms with van der Waals surface area (Å²) in [6.45, 7) is 5.85. The van der Waals surface area contributed by atoms with Crippen LogP contribution in [0.1, 0.15) is 28.8 Å². The molecule has 0 unspecified atom stereocenters. The highest BCUT2D eigenvalue weighted by molar-refractivity contribution is 5.95. The van der Waals surface area contributed by atoms with Crippen LogP contribution in [-0.4, -0.2) is 54.0 Å². The Morgan fingerprint density at radius 3 is 2.68 bits per heavy atom. The molecular formula is C15H22N2O2. The molecule has 2 rings (SSSR count). The molecule has 1 aliphatic heterocycles. The summed E-state index contributed by atoms with van der Waals surface area (Å²) in [5.41, 5.74) is 1.49. The molecule has 0 atom stereocenters. The van der Waals surface area contributed by atoms with E-state index < -0.39 is 0 Å². The number of benzene rings is 1. The highest BCUT2D eigenvalue weighted by atomic mass is 16.3. The number of likely N-dealkylation sites (tertiary alicyclic amines) is 1. The number of aromatic hydroxyl groups is 1. The SMILES string of the molecule is Cc1cc(O)ccc1C(=O)N(C)CCN1CCCC1. The van der Waals surface area contributed by atoms with Crippen molar-refractivity contribution in [1.29, 1.82) is 0 Å². The molecule has 4 nitrogen and oxygen atoms in total. The van der Waals surface area contributed by atoms with Gasteiger partial charge in [-0.05, 0) is 56.6 Å². The monoisotopic (exact) mass is 262 g/mol. The van der Waals surface area contributed by atoms with Gasteiger partial charge in [-0.1, -0.05) is 0 Å². The largest absolute Gasteiger partial charge is 0.508 e. The van der Waals surface area contributed by atoms with Crippen LogP contribution in [0, 0.1) is 6.92 Å². The van der Waals surface area contributed by atoms with E-state index in [9.17, 15) is 9.90 Å². The van der Waals surface area contributed by atoms with Crippen LogP contribution in [0.4, 0.5) is 0 Å². The molecule has 1 heterocycles. The minimum atomic E-state index is 0.0247. The average molecular weight is 262 g/mol. The van der Waals surface area contributed by atoms with Crippen LogP contribution in [0.15, 0.2) is 18.2 Å². The van der Waals surface area contributed by atoms with E-state index in [-0.39, 0.29) is 11.7 Å². The number of likely N-dealkylation sites (N-methyl/N-ethyl adjacent to an activating group) is 1. The van der Waals surface area contributed by atoms with Gasteiger partial charge < -0.3 is 14.9 Å². The van der Waals surface area contributed by atoms with E-state index in [0.29, 0.717) is 5.56 Å². The van der Waals surface area contributed by atoms with E-state index in [1.54, 1.807) is 23.1 Å². The van der Waals surface area contributed by atoms with Crippen molar-refractivity contribution in [2.24, 2.45) is 0 Å². The number of aryl methyl sites for hydroxylation is 1. The molecule has 0 bridgehead atoms. The molecule has 1 aromatic carbocycles. The van der Waals surface area contributed by atoms with E-state index in [1.807, 2.05) is 14.0 Å². The van der Waals surface area contributed by atoms with Gasteiger partial charge in [0.2, 0.25) is 0 Å². The van der Waals surface area contributed by atoms with Crippen molar-refractivity contribution < 1.29 is 9.90 Å². The van der Waals surface area contributed by atoms with Crippen molar-refractivity contribution in [1.82, 2.24) is 9.80 Å². The summed E-state index contributed by atoms with van der Waals surface area (Å²) in [4.78, 5) is 16.5. The zero-order valence-electron chi connectivity index (χ0n) is 11.7. The van der Waals surface area contributed by atoms with Crippen LogP contribution in [0.5, 0.6) is 5.75 Å². The number of phenols is 1. The Morgan fingerprint density at radius 2 is 2.05 bits per heavy atom. The topological polar surface area (TPSA) is 43.8 Å². The van der Waals surface area contributed by atoms with Gasteiger partial charge in [-0.2, -0.15) is 0 Å². The lowest BCUT2D eigenvalue weighted by Crippen LogP contribution is -2.35. The lowest BCUT2D eigenvalue weighted by molar-refractivity contribution is 0.0781. The molecule has 1 aromatic rings. The molecule has 0 spiro atoms. The molecule has 1 aliphatic rings. The number of carbonyl (C=O) groups is 1. The first-order valence-corrected chi connectivity index (χ1v) is 6.85. The predicted octanol–water partition coefficient (Wildman–Crippen LogP) is 1.87. The fourth-order valence-corrected chi connectivity index (χ4v) is 2.49. The predicted molar refractivity (Wildman–Crippen MR) is 75.5 cm³/mol. The van der Waals surface area contributed by atoms with Gasteiger partial charge in [0, 0.05) is 25.7 Å². The summed E-state index contributed by atoms with van der Waals surface area (Å²) in [6.07, 6.45) is 2.55. The number of phenolic OH excluding ortho intramolecular Hbond substituents is 1. The molecule has 104 valence electrons. The lowest BCUT2D eigenvalue weighted by Gasteiger charge is -2.22. The zero-order valence-corrected chi connectivity index (χ0v) is 11.7. The Labute approximate surface area is 114 Å². The first kappa shape index (κ1) is 13.9. The molecule has 0 aromatic heterocycles. The van der Waals surface area contributed by atoms with E-state index in [4.69, 9.17) is 0 Å². The van der Waals surface area contributed by atoms with Gasteiger partial charge in [0.25, 0.3) is 5.91 Å². The summed E-state index contributed by atoms with van der Waals surface area (Å²) in [5, 5.41) is 9.37. The molecule has 19 heavy (non-hydrogen) atoms. The molecule has 1 N–H and O–H groups in total. The normalized spacial score (nSPS) is 15.7. The van der Waals surface area contributed by atoms with Crippen LogP contribution in [-0.2, 0) is 0 Å². The second-order valence-electron chi connectivity index (χ2n) is 5.27. The molecule has 1 saturated heterocycles. The quantitative estimate of drug-likeness (QED) is 0.901. The third-order valence-corrected chi connectivity index (χ3v) is 3.74. The van der Waals surface area contributed by atoms with E-state index in [2.05, 4.69) is 4.90 Å². The number of carbonyl (C=O) groups excluding carboxylic acids is 1. The number of hydrogen-bond acceptors (Lipinski definition) is 3. The summed E-state index contributed by atoms with van der Waals surface area (Å²) in [7, 11) is 1.84. The Kier molecular flexibility index (Phi) is 4.43. The molecule has 0 saturated carbocycles. The van der Waals surface area contributed by atoms with Gasteiger partial charge in [0.1, 0.15) is 5.75 Å². The van der Waals surface area contributed by atoms with Crippen molar-refractivity contribution in [2.75, 3.05) is 33.2 Å². The molecule has 0 aliphatic carbocycles. The summed E-state index contributed by atoms with van der Waals surface area (Å²) < 4.78 is 0. The van der Waals surface area contributed by atoms with Gasteiger partial charge in [-0.3, -0.25) is 4.79 Å². The first-order valence-electron chi connectivity index (χ1n) is 6.85. The number of hydrogen-bond donors (Lipinski definition) is 1. The van der Waals surface area contributed by atoms with Gasteiger partial charge in [-0.25, -0.2) is 0 Å². The molecular weight excluding hydrogens is 240 g/mol. The van der Waals surface area contributed by atoms with Crippen molar-refractivity contribution >= 4 is 5.91 Å². The van der Waals surface area contributed by atoms with Gasteiger partial charge >= 0.3 is 0 Å². The van der Waals surface area contributed by atoms with Crippen LogP contribution in [0.3, 0.4) is 0 Å². The van der Waals surface area contributed by atoms with Crippen molar-refractivity contribution in [3.8, 4) is 5.75 Å². The zero-order chi connectivity index (χ0) is 13.8. The van der Waals surface area contributed by atoms with E-state index in [0.717, 1.165) is 31.7 Å². The third-order valence-electron chi connectivity index (χ3n) is 3.74. The van der Waals surface area contributed by atoms with Gasteiger partial charge in [-0.15, -0.1) is 0 Å². The number of amides is 1. The Hall–Kier alpha value is -1.55. The van der Waals surface area contributed by atoms with Gasteiger partial charge in [0.15, 0.2) is 0 Å². The summed E-state index contributed by atoms with van der Waals surface area (Å²) in [5.74, 6) is 0.227. The first-order chi connectivity index (χ1) is 9.08. The Morgan fingerprint density at radius 1 is 1.37 bits per heavy atom. The van der Waals surface area contributed by atoms with E-state index in [1.165, 1.54) is 12.8 Å². The lowest BCUT2D eigenvalue weighted by atomic mass is 10.1. The summed E-state index contributed by atoms with van der Waals surface area (Å²) >= 11 is 0. The summed E-state index contributed by atoms with van der Waals surface area (Å²) in [6, 6.07) is 4.88. The van der Waals surface area contributed by atoms with Gasteiger partial charge in [0.05, 0.1) is 0 Å².